The minimum atomic E-state index is -0.436. The molecule has 0 aliphatic heterocycles. The van der Waals surface area contributed by atoms with Gasteiger partial charge in [0, 0.05) is 19.5 Å². The number of hydrogen-bond acceptors (Lipinski definition) is 2. The molecule has 20 heavy (non-hydrogen) atoms. The summed E-state index contributed by atoms with van der Waals surface area (Å²) in [6.45, 7) is 7.25. The van der Waals surface area contributed by atoms with Gasteiger partial charge in [-0.05, 0) is 46.0 Å². The highest BCUT2D eigenvalue weighted by Gasteiger charge is 2.25. The van der Waals surface area contributed by atoms with Crippen LogP contribution in [0.1, 0.15) is 65.7 Å². The highest BCUT2D eigenvalue weighted by atomic mass is 16.6. The molecule has 0 bridgehead atoms. The van der Waals surface area contributed by atoms with Crippen LogP contribution in [-0.2, 0) is 4.74 Å². The molecule has 3 nitrogen and oxygen atoms in total. The molecule has 0 spiro atoms. The number of unbranched alkanes of at least 4 members (excludes halogenated alkanes) is 1. The van der Waals surface area contributed by atoms with E-state index in [1.54, 1.807) is 0 Å². The van der Waals surface area contributed by atoms with Crippen molar-refractivity contribution < 1.29 is 9.53 Å². The van der Waals surface area contributed by atoms with Crippen molar-refractivity contribution in [2.45, 2.75) is 71.3 Å². The van der Waals surface area contributed by atoms with Crippen molar-refractivity contribution in [1.29, 1.82) is 0 Å². The van der Waals surface area contributed by atoms with Crippen molar-refractivity contribution in [2.24, 2.45) is 5.92 Å². The molecule has 1 aliphatic carbocycles. The van der Waals surface area contributed by atoms with Gasteiger partial charge in [-0.3, -0.25) is 0 Å². The predicted molar refractivity (Wildman–Crippen MR) is 82.4 cm³/mol. The van der Waals surface area contributed by atoms with E-state index in [0.717, 1.165) is 13.0 Å². The second kappa shape index (κ2) is 8.19. The van der Waals surface area contributed by atoms with Gasteiger partial charge in [0.05, 0.1) is 0 Å². The highest BCUT2D eigenvalue weighted by molar-refractivity contribution is 5.68. The Balaban J connectivity index is 2.53. The Bertz CT molecular complexity index is 332. The quantitative estimate of drug-likeness (QED) is 0.557. The van der Waals surface area contributed by atoms with Crippen LogP contribution in [0, 0.1) is 18.3 Å². The molecule has 0 aromatic rings. The van der Waals surface area contributed by atoms with Gasteiger partial charge in [0.25, 0.3) is 0 Å². The maximum absolute atomic E-state index is 12.3. The molecule has 0 heterocycles. The molecule has 3 heteroatoms. The van der Waals surface area contributed by atoms with E-state index in [2.05, 4.69) is 5.92 Å². The summed E-state index contributed by atoms with van der Waals surface area (Å²) in [6.07, 6.45) is 13.0. The van der Waals surface area contributed by atoms with Crippen LogP contribution in [0.25, 0.3) is 0 Å². The van der Waals surface area contributed by atoms with Gasteiger partial charge < -0.3 is 9.64 Å². The van der Waals surface area contributed by atoms with E-state index < -0.39 is 5.60 Å². The van der Waals surface area contributed by atoms with Gasteiger partial charge in [0.1, 0.15) is 5.60 Å². The number of carbonyl (C=O) groups is 1. The zero-order valence-electron chi connectivity index (χ0n) is 13.3. The van der Waals surface area contributed by atoms with E-state index in [9.17, 15) is 4.79 Å². The van der Waals surface area contributed by atoms with Crippen LogP contribution in [0.2, 0.25) is 0 Å². The number of ether oxygens (including phenoxy) is 1. The van der Waals surface area contributed by atoms with E-state index >= 15 is 0 Å². The standard InChI is InChI=1S/C17H29NO2/c1-5-6-10-13-18(16(19)20-17(2,3)4)14-15-11-8-7-9-12-15/h1,15H,6-14H2,2-4H3. The second-order valence-corrected chi connectivity index (χ2v) is 6.74. The summed E-state index contributed by atoms with van der Waals surface area (Å²) in [4.78, 5) is 14.1. The molecule has 1 aliphatic rings. The smallest absolute Gasteiger partial charge is 0.410 e. The summed E-state index contributed by atoms with van der Waals surface area (Å²) in [5, 5.41) is 0. The van der Waals surface area contributed by atoms with Crippen molar-refractivity contribution in [1.82, 2.24) is 4.90 Å². The number of hydrogen-bond donors (Lipinski definition) is 0. The van der Waals surface area contributed by atoms with Crippen LogP contribution in [0.5, 0.6) is 0 Å². The number of rotatable bonds is 5. The van der Waals surface area contributed by atoms with Crippen molar-refractivity contribution in [2.75, 3.05) is 13.1 Å². The summed E-state index contributed by atoms with van der Waals surface area (Å²) in [6, 6.07) is 0. The normalized spacial score (nSPS) is 16.5. The van der Waals surface area contributed by atoms with Crippen molar-refractivity contribution in [3.63, 3.8) is 0 Å². The summed E-state index contributed by atoms with van der Waals surface area (Å²) < 4.78 is 5.51. The summed E-state index contributed by atoms with van der Waals surface area (Å²) in [7, 11) is 0. The maximum Gasteiger partial charge on any atom is 0.410 e. The van der Waals surface area contributed by atoms with E-state index in [4.69, 9.17) is 11.2 Å². The lowest BCUT2D eigenvalue weighted by Crippen LogP contribution is -2.40. The third-order valence-corrected chi connectivity index (χ3v) is 3.60. The highest BCUT2D eigenvalue weighted by Crippen LogP contribution is 2.25. The van der Waals surface area contributed by atoms with Gasteiger partial charge in [0.15, 0.2) is 0 Å². The second-order valence-electron chi connectivity index (χ2n) is 6.74. The molecule has 0 aromatic heterocycles. The van der Waals surface area contributed by atoms with Crippen molar-refractivity contribution in [3.05, 3.63) is 0 Å². The Morgan fingerprint density at radius 1 is 1.30 bits per heavy atom. The fraction of sp³-hybridized carbons (Fsp3) is 0.824. The van der Waals surface area contributed by atoms with E-state index in [-0.39, 0.29) is 6.09 Å². The third kappa shape index (κ3) is 6.84. The molecule has 0 unspecified atom stereocenters. The Kier molecular flexibility index (Phi) is 6.91. The van der Waals surface area contributed by atoms with Crippen molar-refractivity contribution >= 4 is 6.09 Å². The fourth-order valence-corrected chi connectivity index (χ4v) is 2.64. The zero-order chi connectivity index (χ0) is 15.0. The first-order valence-electron chi connectivity index (χ1n) is 7.84. The Hall–Kier alpha value is -1.17. The first kappa shape index (κ1) is 16.9. The van der Waals surface area contributed by atoms with Crippen LogP contribution in [-0.4, -0.2) is 29.7 Å². The molecule has 1 amide bonds. The van der Waals surface area contributed by atoms with Gasteiger partial charge in [0.2, 0.25) is 0 Å². The first-order chi connectivity index (χ1) is 9.42. The minimum absolute atomic E-state index is 0.194. The lowest BCUT2D eigenvalue weighted by atomic mass is 9.89. The maximum atomic E-state index is 12.3. The number of terminal acetylenes is 1. The van der Waals surface area contributed by atoms with Gasteiger partial charge in [-0.1, -0.05) is 19.3 Å². The SMILES string of the molecule is C#CCCCN(CC1CCCCC1)C(=O)OC(C)(C)C. The van der Waals surface area contributed by atoms with Gasteiger partial charge in [-0.2, -0.15) is 0 Å². The number of carbonyl (C=O) groups excluding carboxylic acids is 1. The topological polar surface area (TPSA) is 29.5 Å². The minimum Gasteiger partial charge on any atom is -0.444 e. The average Bonchev–Trinajstić information content (AvgIpc) is 2.37. The molecule has 0 aromatic carbocycles. The third-order valence-electron chi connectivity index (χ3n) is 3.60. The Morgan fingerprint density at radius 3 is 2.50 bits per heavy atom. The molecule has 1 saturated carbocycles. The van der Waals surface area contributed by atoms with E-state index in [1.807, 2.05) is 25.7 Å². The summed E-state index contributed by atoms with van der Waals surface area (Å²) >= 11 is 0. The molecule has 114 valence electrons. The van der Waals surface area contributed by atoms with Gasteiger partial charge >= 0.3 is 6.09 Å². The lowest BCUT2D eigenvalue weighted by Gasteiger charge is -2.31. The van der Waals surface area contributed by atoms with Crippen molar-refractivity contribution in [3.8, 4) is 12.3 Å². The van der Waals surface area contributed by atoms with Crippen LogP contribution in [0.3, 0.4) is 0 Å². The molecular weight excluding hydrogens is 250 g/mol. The molecular formula is C17H29NO2. The van der Waals surface area contributed by atoms with E-state index in [1.165, 1.54) is 32.1 Å². The van der Waals surface area contributed by atoms with E-state index in [0.29, 0.717) is 18.9 Å². The zero-order valence-corrected chi connectivity index (χ0v) is 13.3. The van der Waals surface area contributed by atoms with Crippen LogP contribution >= 0.6 is 0 Å². The van der Waals surface area contributed by atoms with Gasteiger partial charge in [-0.15, -0.1) is 12.3 Å². The molecule has 1 fully saturated rings. The average molecular weight is 279 g/mol. The molecule has 0 saturated heterocycles. The first-order valence-corrected chi connectivity index (χ1v) is 7.84. The van der Waals surface area contributed by atoms with Crippen LogP contribution in [0.4, 0.5) is 4.79 Å². The Labute approximate surface area is 124 Å². The lowest BCUT2D eigenvalue weighted by molar-refractivity contribution is 0.0206. The molecule has 1 rings (SSSR count). The van der Waals surface area contributed by atoms with Gasteiger partial charge in [-0.25, -0.2) is 4.79 Å². The fourth-order valence-electron chi connectivity index (χ4n) is 2.64. The molecule has 0 radical (unpaired) electrons. The molecule has 0 N–H and O–H groups in total. The molecule has 0 atom stereocenters. The monoisotopic (exact) mass is 279 g/mol. The number of nitrogens with zero attached hydrogens (tertiary/aromatic N) is 1. The Morgan fingerprint density at radius 2 is 1.95 bits per heavy atom. The van der Waals surface area contributed by atoms with Crippen LogP contribution < -0.4 is 0 Å². The largest absolute Gasteiger partial charge is 0.444 e. The van der Waals surface area contributed by atoms with Crippen LogP contribution in [0.15, 0.2) is 0 Å². The predicted octanol–water partition coefficient (Wildman–Crippen LogP) is 4.22. The number of amides is 1. The summed E-state index contributed by atoms with van der Waals surface area (Å²) in [5.74, 6) is 3.26. The summed E-state index contributed by atoms with van der Waals surface area (Å²) in [5.41, 5.74) is -0.436.